The molecule has 4 radical (unpaired) electrons. The zero-order valence-corrected chi connectivity index (χ0v) is 10.3. The summed E-state index contributed by atoms with van der Waals surface area (Å²) in [5.41, 5.74) is 0. The first-order valence-corrected chi connectivity index (χ1v) is 5.19. The Morgan fingerprint density at radius 2 is 1.57 bits per heavy atom. The standard InChI is InChI=1S/C4H2O.2Sn.2H/c1-2-4-5-3-1;;;;/h1-2H;;;;. The molecule has 3 heteroatoms. The average molecular weight is 305 g/mol. The van der Waals surface area contributed by atoms with E-state index in [0.717, 1.165) is 52.6 Å². The molecule has 0 aromatic carbocycles. The summed E-state index contributed by atoms with van der Waals surface area (Å²) >= 11 is 2.21. The fraction of sp³-hybridized carbons (Fsp3) is 0. The molecule has 0 atom stereocenters. The molecule has 0 aliphatic rings. The fourth-order valence-corrected chi connectivity index (χ4v) is 2.80. The zero-order valence-electron chi connectivity index (χ0n) is 3.72. The molecule has 0 bridgehead atoms. The van der Waals surface area contributed by atoms with Crippen molar-refractivity contribution in [1.29, 1.82) is 0 Å². The van der Waals surface area contributed by atoms with Gasteiger partial charge in [-0.2, -0.15) is 0 Å². The van der Waals surface area contributed by atoms with Gasteiger partial charge in [-0.25, -0.2) is 0 Å². The van der Waals surface area contributed by atoms with Crippen molar-refractivity contribution in [2.24, 2.45) is 0 Å². The molecule has 1 rings (SSSR count). The molecule has 34 valence electrons. The first-order valence-electron chi connectivity index (χ1n) is 1.90. The Labute approximate surface area is 68.6 Å². The van der Waals surface area contributed by atoms with Crippen molar-refractivity contribution in [1.82, 2.24) is 0 Å². The Balaban J connectivity index is 3.04. The van der Waals surface area contributed by atoms with E-state index in [1.807, 2.05) is 12.1 Å². The van der Waals surface area contributed by atoms with Gasteiger partial charge in [0.05, 0.1) is 0 Å². The van der Waals surface area contributed by atoms with Gasteiger partial charge in [0.1, 0.15) is 0 Å². The molecule has 0 aliphatic heterocycles. The summed E-state index contributed by atoms with van der Waals surface area (Å²) in [7, 11) is 0. The maximum absolute atomic E-state index is 5.20. The average Bonchev–Trinajstić information content (AvgIpc) is 1.87. The summed E-state index contributed by atoms with van der Waals surface area (Å²) < 4.78 is 7.49. The van der Waals surface area contributed by atoms with E-state index in [1.54, 1.807) is 0 Å². The molecule has 0 N–H and O–H groups in total. The molecule has 0 spiro atoms. The van der Waals surface area contributed by atoms with Crippen LogP contribution < -0.4 is 7.55 Å². The van der Waals surface area contributed by atoms with Gasteiger partial charge in [0.2, 0.25) is 0 Å². The van der Waals surface area contributed by atoms with Gasteiger partial charge >= 0.3 is 69.2 Å². The minimum absolute atomic E-state index is 1.11. The number of hydrogen-bond donors (Lipinski definition) is 0. The molecule has 0 aliphatic carbocycles. The van der Waals surface area contributed by atoms with Crippen molar-refractivity contribution in [3.63, 3.8) is 0 Å². The van der Waals surface area contributed by atoms with Gasteiger partial charge in [-0.3, -0.25) is 0 Å². The summed E-state index contributed by atoms with van der Waals surface area (Å²) in [5.74, 6) is 0. The molecule has 1 aromatic rings. The third-order valence-electron chi connectivity index (χ3n) is 0.648. The topological polar surface area (TPSA) is 13.1 Å². The molecule has 1 aromatic heterocycles. The number of rotatable bonds is 0. The Bertz CT molecular complexity index is 142. The molecule has 0 saturated carbocycles. The second kappa shape index (κ2) is 2.44. The van der Waals surface area contributed by atoms with Crippen molar-refractivity contribution < 1.29 is 4.42 Å². The van der Waals surface area contributed by atoms with Gasteiger partial charge in [0.25, 0.3) is 0 Å². The minimum atomic E-state index is 1.11. The fourth-order valence-electron chi connectivity index (χ4n) is 0.368. The Morgan fingerprint density at radius 3 is 1.71 bits per heavy atom. The van der Waals surface area contributed by atoms with Crippen molar-refractivity contribution in [3.05, 3.63) is 12.1 Å². The molecular weight excluding hydrogens is 301 g/mol. The molecular formula is C4H4OSn2. The Hall–Kier alpha value is 0.877. The predicted molar refractivity (Wildman–Crippen MR) is 32.3 cm³/mol. The van der Waals surface area contributed by atoms with Gasteiger partial charge in [-0.1, -0.05) is 0 Å². The van der Waals surface area contributed by atoms with Crippen molar-refractivity contribution in [2.45, 2.75) is 0 Å². The van der Waals surface area contributed by atoms with Crippen LogP contribution in [0.3, 0.4) is 0 Å². The molecule has 0 unspecified atom stereocenters. The normalized spacial score (nSPS) is 9.43. The van der Waals surface area contributed by atoms with Crippen LogP contribution in [-0.2, 0) is 0 Å². The van der Waals surface area contributed by atoms with Crippen LogP contribution in [-0.4, -0.2) is 45.0 Å². The molecule has 0 amide bonds. The number of hydrogen-bond acceptors (Lipinski definition) is 1. The SMILES string of the molecule is [SnH][c]1cc[c]([SnH])o1. The first-order chi connectivity index (χ1) is 3.29. The van der Waals surface area contributed by atoms with Crippen molar-refractivity contribution in [3.8, 4) is 0 Å². The third kappa shape index (κ3) is 1.68. The third-order valence-corrected chi connectivity index (χ3v) is 2.42. The van der Waals surface area contributed by atoms with E-state index in [4.69, 9.17) is 4.42 Å². The van der Waals surface area contributed by atoms with Gasteiger partial charge in [-0.15, -0.1) is 0 Å². The first kappa shape index (κ1) is 6.00. The van der Waals surface area contributed by atoms with E-state index in [0.29, 0.717) is 0 Å². The van der Waals surface area contributed by atoms with Crippen LogP contribution in [0.25, 0.3) is 0 Å². The summed E-state index contributed by atoms with van der Waals surface area (Å²) in [6.45, 7) is 0. The van der Waals surface area contributed by atoms with Crippen LogP contribution >= 0.6 is 0 Å². The molecule has 0 fully saturated rings. The molecule has 7 heavy (non-hydrogen) atoms. The zero-order chi connectivity index (χ0) is 5.28. The van der Waals surface area contributed by atoms with E-state index >= 15 is 0 Å². The van der Waals surface area contributed by atoms with Crippen molar-refractivity contribution >= 4 is 52.6 Å². The van der Waals surface area contributed by atoms with Gasteiger partial charge in [0, 0.05) is 0 Å². The quantitative estimate of drug-likeness (QED) is 0.523. The molecule has 1 nitrogen and oxygen atoms in total. The number of furan rings is 1. The van der Waals surface area contributed by atoms with Crippen LogP contribution in [0.15, 0.2) is 16.5 Å². The Kier molecular flexibility index (Phi) is 2.09. The summed E-state index contributed by atoms with van der Waals surface area (Å²) in [4.78, 5) is 0. The van der Waals surface area contributed by atoms with Crippen LogP contribution in [0.1, 0.15) is 0 Å². The molecule has 0 saturated heterocycles. The van der Waals surface area contributed by atoms with E-state index in [2.05, 4.69) is 0 Å². The maximum atomic E-state index is 5.20. The van der Waals surface area contributed by atoms with Gasteiger partial charge in [-0.05, 0) is 0 Å². The summed E-state index contributed by atoms with van der Waals surface area (Å²) in [6, 6.07) is 4.09. The van der Waals surface area contributed by atoms with E-state index in [-0.39, 0.29) is 0 Å². The van der Waals surface area contributed by atoms with Crippen LogP contribution in [0.5, 0.6) is 0 Å². The van der Waals surface area contributed by atoms with E-state index < -0.39 is 0 Å². The van der Waals surface area contributed by atoms with E-state index in [9.17, 15) is 0 Å². The summed E-state index contributed by atoms with van der Waals surface area (Å²) in [6.07, 6.45) is 0. The Morgan fingerprint density at radius 1 is 1.14 bits per heavy atom. The van der Waals surface area contributed by atoms with Crippen LogP contribution in [0, 0.1) is 0 Å². The van der Waals surface area contributed by atoms with Crippen LogP contribution in [0.2, 0.25) is 0 Å². The summed E-state index contributed by atoms with van der Waals surface area (Å²) in [5, 5.41) is 0. The second-order valence-corrected chi connectivity index (χ2v) is 4.49. The molecule has 1 heterocycles. The predicted octanol–water partition coefficient (Wildman–Crippen LogP) is -1.67. The monoisotopic (exact) mass is 308 g/mol. The van der Waals surface area contributed by atoms with E-state index in [1.165, 1.54) is 0 Å². The van der Waals surface area contributed by atoms with Gasteiger partial charge in [0.15, 0.2) is 0 Å². The second-order valence-electron chi connectivity index (χ2n) is 1.24. The van der Waals surface area contributed by atoms with Gasteiger partial charge < -0.3 is 0 Å². The van der Waals surface area contributed by atoms with Crippen molar-refractivity contribution in [2.75, 3.05) is 0 Å². The van der Waals surface area contributed by atoms with Crippen LogP contribution in [0.4, 0.5) is 0 Å².